The summed E-state index contributed by atoms with van der Waals surface area (Å²) >= 11 is 3.39. The Kier molecular flexibility index (Phi) is 4.39. The second-order valence-corrected chi connectivity index (χ2v) is 5.06. The lowest BCUT2D eigenvalue weighted by atomic mass is 10.1. The molecule has 0 saturated carbocycles. The van der Waals surface area contributed by atoms with E-state index < -0.39 is 6.10 Å². The molecule has 3 heteroatoms. The summed E-state index contributed by atoms with van der Waals surface area (Å²) < 4.78 is 6.58. The summed E-state index contributed by atoms with van der Waals surface area (Å²) in [6.07, 6.45) is -0.623. The monoisotopic (exact) mass is 306 g/mol. The molecule has 0 aliphatic heterocycles. The highest BCUT2D eigenvalue weighted by atomic mass is 79.9. The molecule has 2 aromatic rings. The quantitative estimate of drug-likeness (QED) is 0.929. The van der Waals surface area contributed by atoms with Crippen LogP contribution in [0.2, 0.25) is 0 Å². The average molecular weight is 307 g/mol. The average Bonchev–Trinajstić information content (AvgIpc) is 2.37. The summed E-state index contributed by atoms with van der Waals surface area (Å²) in [7, 11) is 0. The lowest BCUT2D eigenvalue weighted by molar-refractivity contribution is 0.108. The number of hydrogen-bond acceptors (Lipinski definition) is 2. The molecule has 0 saturated heterocycles. The summed E-state index contributed by atoms with van der Waals surface area (Å²) in [4.78, 5) is 0. The van der Waals surface area contributed by atoms with Crippen molar-refractivity contribution in [2.75, 3.05) is 6.61 Å². The van der Waals surface area contributed by atoms with E-state index in [1.54, 1.807) is 0 Å². The van der Waals surface area contributed by atoms with Crippen molar-refractivity contribution in [3.8, 4) is 5.75 Å². The molecule has 0 heterocycles. The van der Waals surface area contributed by atoms with Crippen LogP contribution >= 0.6 is 15.9 Å². The van der Waals surface area contributed by atoms with E-state index in [9.17, 15) is 5.11 Å². The predicted molar refractivity (Wildman–Crippen MR) is 75.8 cm³/mol. The van der Waals surface area contributed by atoms with Gasteiger partial charge in [0.1, 0.15) is 18.5 Å². The fraction of sp³-hybridized carbons (Fsp3) is 0.200. The van der Waals surface area contributed by atoms with E-state index in [1.165, 1.54) is 0 Å². The zero-order chi connectivity index (χ0) is 13.0. The summed E-state index contributed by atoms with van der Waals surface area (Å²) in [5.41, 5.74) is 1.91. The van der Waals surface area contributed by atoms with Crippen LogP contribution < -0.4 is 4.74 Å². The number of aliphatic hydroxyl groups excluding tert-OH is 1. The maximum Gasteiger partial charge on any atom is 0.122 e. The molecule has 0 fully saturated rings. The van der Waals surface area contributed by atoms with Crippen molar-refractivity contribution in [1.29, 1.82) is 0 Å². The predicted octanol–water partition coefficient (Wildman–Crippen LogP) is 3.87. The number of aliphatic hydroxyl groups is 1. The third-order valence-corrected chi connectivity index (χ3v) is 3.22. The van der Waals surface area contributed by atoms with Gasteiger partial charge in [0.25, 0.3) is 0 Å². The van der Waals surface area contributed by atoms with E-state index in [0.717, 1.165) is 21.3 Å². The minimum Gasteiger partial charge on any atom is -0.490 e. The molecule has 1 atom stereocenters. The molecule has 0 aliphatic carbocycles. The van der Waals surface area contributed by atoms with Crippen molar-refractivity contribution in [1.82, 2.24) is 0 Å². The molecular formula is C15H15BrO2. The Morgan fingerprint density at radius 1 is 1.17 bits per heavy atom. The first-order valence-corrected chi connectivity index (χ1v) is 6.58. The van der Waals surface area contributed by atoms with E-state index in [-0.39, 0.29) is 6.61 Å². The molecule has 2 nitrogen and oxygen atoms in total. The highest BCUT2D eigenvalue weighted by molar-refractivity contribution is 9.10. The van der Waals surface area contributed by atoms with Gasteiger partial charge in [0.15, 0.2) is 0 Å². The van der Waals surface area contributed by atoms with Crippen LogP contribution in [0.5, 0.6) is 5.75 Å². The minimum absolute atomic E-state index is 0.251. The van der Waals surface area contributed by atoms with E-state index >= 15 is 0 Å². The van der Waals surface area contributed by atoms with Gasteiger partial charge in [0, 0.05) is 4.47 Å². The SMILES string of the molecule is Cc1ccccc1OCC(O)c1cccc(Br)c1. The largest absolute Gasteiger partial charge is 0.490 e. The molecule has 18 heavy (non-hydrogen) atoms. The third kappa shape index (κ3) is 3.34. The van der Waals surface area contributed by atoms with Crippen LogP contribution in [0.25, 0.3) is 0 Å². The zero-order valence-electron chi connectivity index (χ0n) is 10.1. The van der Waals surface area contributed by atoms with Gasteiger partial charge in [-0.15, -0.1) is 0 Å². The van der Waals surface area contributed by atoms with Crippen molar-refractivity contribution in [3.63, 3.8) is 0 Å². The number of rotatable bonds is 4. The fourth-order valence-electron chi connectivity index (χ4n) is 1.70. The van der Waals surface area contributed by atoms with Gasteiger partial charge in [-0.1, -0.05) is 46.3 Å². The standard InChI is InChI=1S/C15H15BrO2/c1-11-5-2-3-8-15(11)18-10-14(17)12-6-4-7-13(16)9-12/h2-9,14,17H,10H2,1H3. The van der Waals surface area contributed by atoms with E-state index in [0.29, 0.717) is 0 Å². The first kappa shape index (κ1) is 13.1. The van der Waals surface area contributed by atoms with Crippen LogP contribution in [0.3, 0.4) is 0 Å². The van der Waals surface area contributed by atoms with Crippen molar-refractivity contribution in [2.24, 2.45) is 0 Å². The summed E-state index contributed by atoms with van der Waals surface area (Å²) in [6.45, 7) is 2.24. The fourth-order valence-corrected chi connectivity index (χ4v) is 2.11. The second-order valence-electron chi connectivity index (χ2n) is 4.15. The first-order chi connectivity index (χ1) is 8.66. The summed E-state index contributed by atoms with van der Waals surface area (Å²) in [5.74, 6) is 0.812. The van der Waals surface area contributed by atoms with Gasteiger partial charge in [-0.3, -0.25) is 0 Å². The van der Waals surface area contributed by atoms with Crippen LogP contribution in [-0.4, -0.2) is 11.7 Å². The van der Waals surface area contributed by atoms with Crippen LogP contribution in [-0.2, 0) is 0 Å². The molecule has 0 spiro atoms. The topological polar surface area (TPSA) is 29.5 Å². The van der Waals surface area contributed by atoms with E-state index in [4.69, 9.17) is 4.74 Å². The van der Waals surface area contributed by atoms with Gasteiger partial charge in [-0.2, -0.15) is 0 Å². The van der Waals surface area contributed by atoms with E-state index in [2.05, 4.69) is 15.9 Å². The van der Waals surface area contributed by atoms with Gasteiger partial charge < -0.3 is 9.84 Å². The Morgan fingerprint density at radius 3 is 2.67 bits per heavy atom. The van der Waals surface area contributed by atoms with Gasteiger partial charge in [-0.25, -0.2) is 0 Å². The highest BCUT2D eigenvalue weighted by Gasteiger charge is 2.09. The van der Waals surface area contributed by atoms with Crippen molar-refractivity contribution >= 4 is 15.9 Å². The third-order valence-electron chi connectivity index (χ3n) is 2.72. The Morgan fingerprint density at radius 2 is 1.94 bits per heavy atom. The molecule has 0 amide bonds. The lowest BCUT2D eigenvalue weighted by Gasteiger charge is -2.14. The number of hydrogen-bond donors (Lipinski definition) is 1. The molecule has 94 valence electrons. The van der Waals surface area contributed by atoms with Crippen LogP contribution in [0.15, 0.2) is 53.0 Å². The van der Waals surface area contributed by atoms with Crippen molar-refractivity contribution < 1.29 is 9.84 Å². The van der Waals surface area contributed by atoms with Gasteiger partial charge in [-0.05, 0) is 36.2 Å². The highest BCUT2D eigenvalue weighted by Crippen LogP contribution is 2.21. The maximum atomic E-state index is 10.1. The molecule has 2 aromatic carbocycles. The Hall–Kier alpha value is -1.32. The maximum absolute atomic E-state index is 10.1. The number of benzene rings is 2. The van der Waals surface area contributed by atoms with Crippen LogP contribution in [0.4, 0.5) is 0 Å². The normalized spacial score (nSPS) is 12.2. The molecule has 0 aromatic heterocycles. The van der Waals surface area contributed by atoms with E-state index in [1.807, 2.05) is 55.5 Å². The molecule has 0 aliphatic rings. The number of halogens is 1. The smallest absolute Gasteiger partial charge is 0.122 e. The Balaban J connectivity index is 2.00. The number of ether oxygens (including phenoxy) is 1. The summed E-state index contributed by atoms with van der Waals surface area (Å²) in [5, 5.41) is 10.1. The van der Waals surface area contributed by atoms with Gasteiger partial charge in [0.2, 0.25) is 0 Å². The molecular weight excluding hydrogens is 292 g/mol. The Labute approximate surface area is 115 Å². The number of aryl methyl sites for hydroxylation is 1. The van der Waals surface area contributed by atoms with Crippen molar-refractivity contribution in [3.05, 3.63) is 64.1 Å². The van der Waals surface area contributed by atoms with Gasteiger partial charge >= 0.3 is 0 Å². The molecule has 0 radical (unpaired) electrons. The molecule has 0 bridgehead atoms. The second kappa shape index (κ2) is 6.03. The first-order valence-electron chi connectivity index (χ1n) is 5.79. The Bertz CT molecular complexity index is 525. The lowest BCUT2D eigenvalue weighted by Crippen LogP contribution is -2.10. The minimum atomic E-state index is -0.623. The summed E-state index contributed by atoms with van der Waals surface area (Å²) in [6, 6.07) is 15.4. The molecule has 2 rings (SSSR count). The molecule has 1 N–H and O–H groups in total. The number of para-hydroxylation sites is 1. The van der Waals surface area contributed by atoms with Crippen molar-refractivity contribution in [2.45, 2.75) is 13.0 Å². The van der Waals surface area contributed by atoms with Crippen LogP contribution in [0, 0.1) is 6.92 Å². The van der Waals surface area contributed by atoms with Crippen LogP contribution in [0.1, 0.15) is 17.2 Å². The zero-order valence-corrected chi connectivity index (χ0v) is 11.7. The molecule has 1 unspecified atom stereocenters. The van der Waals surface area contributed by atoms with Gasteiger partial charge in [0.05, 0.1) is 0 Å².